The van der Waals surface area contributed by atoms with Crippen LogP contribution < -0.4 is 5.32 Å². The molecule has 2 rings (SSSR count). The second-order valence-electron chi connectivity index (χ2n) is 6.11. The fraction of sp³-hybridized carbons (Fsp3) is 0.933. The Morgan fingerprint density at radius 3 is 2.45 bits per heavy atom. The summed E-state index contributed by atoms with van der Waals surface area (Å²) >= 11 is 0. The van der Waals surface area contributed by atoms with Crippen molar-refractivity contribution in [3.63, 3.8) is 0 Å². The van der Waals surface area contributed by atoms with Crippen LogP contribution in [0.5, 0.6) is 0 Å². The number of carbonyl (C=O) groups excluding carboxylic acids is 1. The maximum atomic E-state index is 11.8. The Hall–Kier alpha value is -0.650. The van der Waals surface area contributed by atoms with Gasteiger partial charge in [0.2, 0.25) is 0 Å². The number of hydrogen-bond donors (Lipinski definition) is 1. The van der Waals surface area contributed by atoms with Gasteiger partial charge >= 0.3 is 5.97 Å². The molecule has 116 valence electrons. The molecule has 5 heteroatoms. The molecule has 1 saturated carbocycles. The van der Waals surface area contributed by atoms with Crippen molar-refractivity contribution in [2.24, 2.45) is 0 Å². The van der Waals surface area contributed by atoms with Gasteiger partial charge in [-0.15, -0.1) is 0 Å². The predicted molar refractivity (Wildman–Crippen MR) is 79.7 cm³/mol. The number of nitrogens with one attached hydrogen (secondary N) is 1. The Balaban J connectivity index is 1.78. The molecule has 2 atom stereocenters. The minimum Gasteiger partial charge on any atom is -0.468 e. The number of methoxy groups -OCH3 is 1. The number of hydrogen-bond acceptors (Lipinski definition) is 5. The van der Waals surface area contributed by atoms with Crippen LogP contribution in [0.3, 0.4) is 0 Å². The van der Waals surface area contributed by atoms with E-state index in [2.05, 4.69) is 29.0 Å². The molecule has 2 aliphatic rings. The van der Waals surface area contributed by atoms with Crippen LogP contribution in [-0.2, 0) is 9.53 Å². The van der Waals surface area contributed by atoms with Gasteiger partial charge in [0.25, 0.3) is 0 Å². The van der Waals surface area contributed by atoms with E-state index < -0.39 is 0 Å². The van der Waals surface area contributed by atoms with Crippen molar-refractivity contribution in [1.29, 1.82) is 0 Å². The summed E-state index contributed by atoms with van der Waals surface area (Å²) in [6.45, 7) is 9.61. The summed E-state index contributed by atoms with van der Waals surface area (Å²) in [6, 6.07) is 1.03. The van der Waals surface area contributed by atoms with Gasteiger partial charge in [-0.1, -0.05) is 6.92 Å². The number of ether oxygens (including phenoxy) is 1. The number of piperazine rings is 1. The predicted octanol–water partition coefficient (Wildman–Crippen LogP) is 0.696. The lowest BCUT2D eigenvalue weighted by Gasteiger charge is -2.38. The number of rotatable bonds is 7. The van der Waals surface area contributed by atoms with Crippen LogP contribution in [0.15, 0.2) is 0 Å². The van der Waals surface area contributed by atoms with Crippen molar-refractivity contribution in [1.82, 2.24) is 15.1 Å². The normalized spacial score (nSPS) is 24.4. The molecule has 1 aliphatic heterocycles. The van der Waals surface area contributed by atoms with Gasteiger partial charge < -0.3 is 10.1 Å². The molecule has 1 heterocycles. The van der Waals surface area contributed by atoms with Crippen LogP contribution in [0.1, 0.15) is 33.1 Å². The fourth-order valence-electron chi connectivity index (χ4n) is 2.78. The molecule has 0 spiro atoms. The highest BCUT2D eigenvalue weighted by molar-refractivity contribution is 5.76. The second-order valence-corrected chi connectivity index (χ2v) is 6.11. The van der Waals surface area contributed by atoms with Gasteiger partial charge in [-0.2, -0.15) is 0 Å². The summed E-state index contributed by atoms with van der Waals surface area (Å²) in [7, 11) is 1.48. The first-order chi connectivity index (χ1) is 9.63. The van der Waals surface area contributed by atoms with Crippen molar-refractivity contribution >= 4 is 5.97 Å². The molecule has 1 aliphatic carbocycles. The third-order valence-corrected chi connectivity index (χ3v) is 4.56. The van der Waals surface area contributed by atoms with Gasteiger partial charge in [0.15, 0.2) is 0 Å². The first-order valence-corrected chi connectivity index (χ1v) is 7.94. The van der Waals surface area contributed by atoms with E-state index in [0.717, 1.165) is 32.7 Å². The maximum Gasteiger partial charge on any atom is 0.324 e. The largest absolute Gasteiger partial charge is 0.468 e. The lowest BCUT2D eigenvalue weighted by Crippen LogP contribution is -2.54. The SMILES string of the molecule is CCC(C)N1CCN(CC(NC2CC2)C(=O)OC)CC1. The van der Waals surface area contributed by atoms with E-state index in [1.165, 1.54) is 26.4 Å². The molecule has 2 unspecified atom stereocenters. The summed E-state index contributed by atoms with van der Waals surface area (Å²) in [6.07, 6.45) is 3.58. The fourth-order valence-corrected chi connectivity index (χ4v) is 2.78. The molecule has 0 aromatic heterocycles. The molecular weight excluding hydrogens is 254 g/mol. The molecule has 0 radical (unpaired) electrons. The van der Waals surface area contributed by atoms with E-state index in [1.54, 1.807) is 0 Å². The summed E-state index contributed by atoms with van der Waals surface area (Å²) in [5, 5.41) is 3.40. The van der Waals surface area contributed by atoms with Gasteiger partial charge in [-0.3, -0.25) is 14.6 Å². The summed E-state index contributed by atoms with van der Waals surface area (Å²) in [5.41, 5.74) is 0. The molecule has 5 nitrogen and oxygen atoms in total. The van der Waals surface area contributed by atoms with Crippen molar-refractivity contribution in [3.8, 4) is 0 Å². The highest BCUT2D eigenvalue weighted by Crippen LogP contribution is 2.20. The molecule has 1 N–H and O–H groups in total. The molecule has 1 saturated heterocycles. The van der Waals surface area contributed by atoms with Crippen molar-refractivity contribution in [2.75, 3.05) is 39.8 Å². The van der Waals surface area contributed by atoms with E-state index in [9.17, 15) is 4.79 Å². The van der Waals surface area contributed by atoms with Crippen LogP contribution in [0.4, 0.5) is 0 Å². The van der Waals surface area contributed by atoms with Crippen LogP contribution in [-0.4, -0.2) is 73.7 Å². The van der Waals surface area contributed by atoms with Crippen molar-refractivity contribution < 1.29 is 9.53 Å². The van der Waals surface area contributed by atoms with Crippen LogP contribution in [0, 0.1) is 0 Å². The summed E-state index contributed by atoms with van der Waals surface area (Å²) in [5.74, 6) is -0.124. The molecule has 20 heavy (non-hydrogen) atoms. The first-order valence-electron chi connectivity index (χ1n) is 7.94. The summed E-state index contributed by atoms with van der Waals surface area (Å²) in [4.78, 5) is 16.8. The van der Waals surface area contributed by atoms with Crippen LogP contribution in [0.2, 0.25) is 0 Å². The smallest absolute Gasteiger partial charge is 0.324 e. The Morgan fingerprint density at radius 2 is 1.95 bits per heavy atom. The quantitative estimate of drug-likeness (QED) is 0.697. The van der Waals surface area contributed by atoms with Crippen molar-refractivity contribution in [3.05, 3.63) is 0 Å². The average molecular weight is 283 g/mol. The lowest BCUT2D eigenvalue weighted by molar-refractivity contribution is -0.143. The zero-order valence-electron chi connectivity index (χ0n) is 13.1. The number of carbonyl (C=O) groups is 1. The topological polar surface area (TPSA) is 44.8 Å². The number of esters is 1. The van der Waals surface area contributed by atoms with Gasteiger partial charge in [0.1, 0.15) is 6.04 Å². The van der Waals surface area contributed by atoms with Gasteiger partial charge in [-0.25, -0.2) is 0 Å². The van der Waals surface area contributed by atoms with E-state index in [1.807, 2.05) is 0 Å². The highest BCUT2D eigenvalue weighted by atomic mass is 16.5. The third-order valence-electron chi connectivity index (χ3n) is 4.56. The maximum absolute atomic E-state index is 11.8. The number of nitrogens with zero attached hydrogens (tertiary/aromatic N) is 2. The molecule has 0 aromatic carbocycles. The second kappa shape index (κ2) is 7.38. The Bertz CT molecular complexity index is 312. The van der Waals surface area contributed by atoms with Crippen LogP contribution in [0.25, 0.3) is 0 Å². The minimum absolute atomic E-state index is 0.124. The lowest BCUT2D eigenvalue weighted by atomic mass is 10.1. The van der Waals surface area contributed by atoms with E-state index in [0.29, 0.717) is 12.1 Å². The minimum atomic E-state index is -0.164. The van der Waals surface area contributed by atoms with Crippen molar-refractivity contribution in [2.45, 2.75) is 51.2 Å². The monoisotopic (exact) mass is 283 g/mol. The zero-order chi connectivity index (χ0) is 14.5. The third kappa shape index (κ3) is 4.43. The van der Waals surface area contributed by atoms with Gasteiger partial charge in [0.05, 0.1) is 7.11 Å². The molecule has 0 bridgehead atoms. The van der Waals surface area contributed by atoms with Gasteiger partial charge in [0, 0.05) is 44.8 Å². The Labute approximate surface area is 122 Å². The zero-order valence-corrected chi connectivity index (χ0v) is 13.1. The van der Waals surface area contributed by atoms with E-state index in [4.69, 9.17) is 4.74 Å². The Kier molecular flexibility index (Phi) is 5.81. The van der Waals surface area contributed by atoms with Crippen LogP contribution >= 0.6 is 0 Å². The molecule has 0 aromatic rings. The molecule has 2 fully saturated rings. The van der Waals surface area contributed by atoms with Gasteiger partial charge in [-0.05, 0) is 26.2 Å². The standard InChI is InChI=1S/C15H29N3O2/c1-4-12(2)18-9-7-17(8-10-18)11-14(15(19)20-3)16-13-5-6-13/h12-14,16H,4-11H2,1-3H3. The molecular formula is C15H29N3O2. The highest BCUT2D eigenvalue weighted by Gasteiger charge is 2.31. The summed E-state index contributed by atoms with van der Waals surface area (Å²) < 4.78 is 4.92. The first kappa shape index (κ1) is 15.7. The van der Waals surface area contributed by atoms with E-state index in [-0.39, 0.29) is 12.0 Å². The van der Waals surface area contributed by atoms with E-state index >= 15 is 0 Å². The Morgan fingerprint density at radius 1 is 1.30 bits per heavy atom. The molecule has 0 amide bonds. The average Bonchev–Trinajstić information content (AvgIpc) is 3.29.